The van der Waals surface area contributed by atoms with Gasteiger partial charge in [0.1, 0.15) is 11.6 Å². The molecule has 3 N–H and O–H groups in total. The van der Waals surface area contributed by atoms with Gasteiger partial charge in [0.25, 0.3) is 0 Å². The summed E-state index contributed by atoms with van der Waals surface area (Å²) in [5, 5.41) is 9.32. The molecule has 4 heterocycles. The Labute approximate surface area is 175 Å². The topological polar surface area (TPSA) is 95.1 Å². The number of urea groups is 1. The number of carbonyl (C=O) groups excluding carboxylic acids is 1. The molecule has 2 amide bonds. The van der Waals surface area contributed by atoms with Crippen LogP contribution in [0.25, 0.3) is 0 Å². The standard InChI is InChI=1S/C21H28FN7O/c1-13(2)27-21(30)29-9-4-3-6-14(29)10-24-20-17(22)12-26-19(28-20)16-11-25-18-15(16)7-5-8-23-18/h5,7-8,12-14,16H,3-4,6,9-11H2,1-2H3,(H,23,25)(H,27,30)(H,24,26,28)/t14-,16?/m1/s1. The van der Waals surface area contributed by atoms with Crippen LogP contribution in [0.5, 0.6) is 0 Å². The summed E-state index contributed by atoms with van der Waals surface area (Å²) in [6, 6.07) is 3.86. The normalized spacial score (nSPS) is 20.6. The predicted octanol–water partition coefficient (Wildman–Crippen LogP) is 2.95. The number of hydrogen-bond donors (Lipinski definition) is 3. The number of hydrogen-bond acceptors (Lipinski definition) is 6. The number of rotatable bonds is 5. The maximum Gasteiger partial charge on any atom is 0.317 e. The molecule has 4 rings (SSSR count). The van der Waals surface area contributed by atoms with E-state index in [1.807, 2.05) is 30.9 Å². The molecule has 2 aromatic rings. The van der Waals surface area contributed by atoms with E-state index < -0.39 is 5.82 Å². The zero-order chi connectivity index (χ0) is 21.1. The lowest BCUT2D eigenvalue weighted by Gasteiger charge is -2.36. The number of piperidine rings is 1. The first-order chi connectivity index (χ1) is 14.5. The molecule has 9 heteroatoms. The Hall–Kier alpha value is -2.97. The van der Waals surface area contributed by atoms with Crippen molar-refractivity contribution >= 4 is 17.7 Å². The second-order valence-corrected chi connectivity index (χ2v) is 8.13. The highest BCUT2D eigenvalue weighted by molar-refractivity contribution is 5.75. The molecule has 2 aliphatic heterocycles. The quantitative estimate of drug-likeness (QED) is 0.698. The van der Waals surface area contributed by atoms with E-state index in [1.54, 1.807) is 6.20 Å². The summed E-state index contributed by atoms with van der Waals surface area (Å²) in [5.74, 6) is 0.977. The minimum atomic E-state index is -0.495. The van der Waals surface area contributed by atoms with Crippen LogP contribution in [0.3, 0.4) is 0 Å². The molecule has 1 unspecified atom stereocenters. The number of fused-ring (bicyclic) bond motifs is 1. The highest BCUT2D eigenvalue weighted by Crippen LogP contribution is 2.33. The smallest absolute Gasteiger partial charge is 0.317 e. The molecule has 0 bridgehead atoms. The number of anilines is 2. The van der Waals surface area contributed by atoms with Gasteiger partial charge >= 0.3 is 6.03 Å². The number of nitrogens with zero attached hydrogens (tertiary/aromatic N) is 4. The number of halogens is 1. The van der Waals surface area contributed by atoms with Crippen molar-refractivity contribution in [3.8, 4) is 0 Å². The molecule has 0 aliphatic carbocycles. The van der Waals surface area contributed by atoms with Crippen LogP contribution in [0, 0.1) is 5.82 Å². The minimum absolute atomic E-state index is 0.00612. The second kappa shape index (κ2) is 8.81. The molecular weight excluding hydrogens is 385 g/mol. The van der Waals surface area contributed by atoms with E-state index in [9.17, 15) is 9.18 Å². The number of amides is 2. The summed E-state index contributed by atoms with van der Waals surface area (Å²) >= 11 is 0. The SMILES string of the molecule is CC(C)NC(=O)N1CCCC[C@@H]1CNc1nc(C2CNc3ncccc32)ncc1F. The van der Waals surface area contributed by atoms with E-state index in [4.69, 9.17) is 0 Å². The van der Waals surface area contributed by atoms with Crippen LogP contribution in [-0.4, -0.2) is 57.6 Å². The molecule has 0 spiro atoms. The number of carbonyl (C=O) groups is 1. The summed E-state index contributed by atoms with van der Waals surface area (Å²) in [4.78, 5) is 27.4. The molecule has 0 aromatic carbocycles. The highest BCUT2D eigenvalue weighted by Gasteiger charge is 2.29. The Bertz CT molecular complexity index is 907. The van der Waals surface area contributed by atoms with Gasteiger partial charge in [0.15, 0.2) is 11.6 Å². The fourth-order valence-corrected chi connectivity index (χ4v) is 4.08. The zero-order valence-electron chi connectivity index (χ0n) is 17.4. The molecule has 160 valence electrons. The summed E-state index contributed by atoms with van der Waals surface area (Å²) in [5.41, 5.74) is 1.01. The van der Waals surface area contributed by atoms with E-state index in [0.29, 0.717) is 25.5 Å². The monoisotopic (exact) mass is 413 g/mol. The van der Waals surface area contributed by atoms with Gasteiger partial charge in [0, 0.05) is 37.4 Å². The van der Waals surface area contributed by atoms with Crippen LogP contribution in [0.15, 0.2) is 24.5 Å². The average Bonchev–Trinajstić information content (AvgIpc) is 3.17. The lowest BCUT2D eigenvalue weighted by molar-refractivity contribution is 0.153. The van der Waals surface area contributed by atoms with Crippen molar-refractivity contribution in [1.29, 1.82) is 0 Å². The fraction of sp³-hybridized carbons (Fsp3) is 0.524. The molecule has 1 saturated heterocycles. The molecular formula is C21H28FN7O. The van der Waals surface area contributed by atoms with E-state index in [1.165, 1.54) is 6.20 Å². The van der Waals surface area contributed by atoms with Crippen LogP contribution in [0.2, 0.25) is 0 Å². The summed E-state index contributed by atoms with van der Waals surface area (Å²) in [6.45, 7) is 5.67. The van der Waals surface area contributed by atoms with Gasteiger partial charge < -0.3 is 20.9 Å². The first kappa shape index (κ1) is 20.3. The van der Waals surface area contributed by atoms with Gasteiger partial charge in [0.05, 0.1) is 18.2 Å². The van der Waals surface area contributed by atoms with Crippen molar-refractivity contribution < 1.29 is 9.18 Å². The summed E-state index contributed by atoms with van der Waals surface area (Å²) in [7, 11) is 0. The Balaban J connectivity index is 1.47. The molecule has 0 saturated carbocycles. The van der Waals surface area contributed by atoms with Crippen molar-refractivity contribution in [2.75, 3.05) is 30.3 Å². The largest absolute Gasteiger partial charge is 0.369 e. The van der Waals surface area contributed by atoms with Gasteiger partial charge in [-0.2, -0.15) is 0 Å². The van der Waals surface area contributed by atoms with Gasteiger partial charge in [-0.25, -0.2) is 24.1 Å². The lowest BCUT2D eigenvalue weighted by atomic mass is 10.0. The Kier molecular flexibility index (Phi) is 5.96. The van der Waals surface area contributed by atoms with Crippen LogP contribution in [0.1, 0.15) is 50.4 Å². The third kappa shape index (κ3) is 4.29. The van der Waals surface area contributed by atoms with Gasteiger partial charge in [-0.3, -0.25) is 0 Å². The second-order valence-electron chi connectivity index (χ2n) is 8.13. The summed E-state index contributed by atoms with van der Waals surface area (Å²) < 4.78 is 14.4. The van der Waals surface area contributed by atoms with E-state index >= 15 is 0 Å². The number of likely N-dealkylation sites (tertiary alicyclic amines) is 1. The van der Waals surface area contributed by atoms with Gasteiger partial charge in [0.2, 0.25) is 0 Å². The van der Waals surface area contributed by atoms with Crippen LogP contribution < -0.4 is 16.0 Å². The van der Waals surface area contributed by atoms with Crippen molar-refractivity contribution in [2.24, 2.45) is 0 Å². The first-order valence-corrected chi connectivity index (χ1v) is 10.5. The molecule has 30 heavy (non-hydrogen) atoms. The Morgan fingerprint density at radius 2 is 2.23 bits per heavy atom. The van der Waals surface area contributed by atoms with Gasteiger partial charge in [-0.05, 0) is 39.2 Å². The van der Waals surface area contributed by atoms with Crippen molar-refractivity contribution in [1.82, 2.24) is 25.2 Å². The molecule has 2 aliphatic rings. The molecule has 2 aromatic heterocycles. The zero-order valence-corrected chi connectivity index (χ0v) is 17.4. The Morgan fingerprint density at radius 3 is 3.07 bits per heavy atom. The molecule has 0 radical (unpaired) electrons. The summed E-state index contributed by atoms with van der Waals surface area (Å²) in [6.07, 6.45) is 5.86. The van der Waals surface area contributed by atoms with Crippen molar-refractivity contribution in [2.45, 2.75) is 51.1 Å². The Morgan fingerprint density at radius 1 is 1.37 bits per heavy atom. The predicted molar refractivity (Wildman–Crippen MR) is 113 cm³/mol. The number of aromatic nitrogens is 3. The van der Waals surface area contributed by atoms with Gasteiger partial charge in [-0.15, -0.1) is 0 Å². The minimum Gasteiger partial charge on any atom is -0.369 e. The fourth-order valence-electron chi connectivity index (χ4n) is 4.08. The number of nitrogens with one attached hydrogen (secondary N) is 3. The first-order valence-electron chi connectivity index (χ1n) is 10.5. The maximum absolute atomic E-state index is 14.4. The molecule has 2 atom stereocenters. The molecule has 1 fully saturated rings. The highest BCUT2D eigenvalue weighted by atomic mass is 19.1. The van der Waals surface area contributed by atoms with Crippen molar-refractivity contribution in [3.05, 3.63) is 41.7 Å². The van der Waals surface area contributed by atoms with E-state index in [2.05, 4.69) is 30.9 Å². The van der Waals surface area contributed by atoms with Crippen LogP contribution in [-0.2, 0) is 0 Å². The maximum atomic E-state index is 14.4. The molecule has 8 nitrogen and oxygen atoms in total. The van der Waals surface area contributed by atoms with Crippen LogP contribution >= 0.6 is 0 Å². The van der Waals surface area contributed by atoms with Crippen LogP contribution in [0.4, 0.5) is 20.8 Å². The average molecular weight is 414 g/mol. The van der Waals surface area contributed by atoms with Gasteiger partial charge in [-0.1, -0.05) is 6.07 Å². The third-order valence-electron chi connectivity index (χ3n) is 5.57. The van der Waals surface area contributed by atoms with E-state index in [-0.39, 0.29) is 29.9 Å². The van der Waals surface area contributed by atoms with Crippen molar-refractivity contribution in [3.63, 3.8) is 0 Å². The van der Waals surface area contributed by atoms with E-state index in [0.717, 1.165) is 30.6 Å². The number of pyridine rings is 1. The lowest BCUT2D eigenvalue weighted by Crippen LogP contribution is -2.52. The third-order valence-corrected chi connectivity index (χ3v) is 5.57.